The number of hydrogen-bond donors (Lipinski definition) is 2. The number of para-hydroxylation sites is 2. The van der Waals surface area contributed by atoms with E-state index in [0.29, 0.717) is 0 Å². The van der Waals surface area contributed by atoms with E-state index in [0.717, 1.165) is 22.5 Å². The molecular weight excluding hydrogens is 241 g/mol. The third kappa shape index (κ3) is 2.42. The molecule has 0 fully saturated rings. The lowest BCUT2D eigenvalue weighted by Crippen LogP contribution is -2.07. The van der Waals surface area contributed by atoms with E-state index in [1.165, 1.54) is 12.1 Å². The molecule has 2 N–H and O–H groups in total. The maximum absolute atomic E-state index is 12.9. The van der Waals surface area contributed by atoms with Gasteiger partial charge in [-0.2, -0.15) is 0 Å². The molecule has 1 aromatic heterocycles. The molecule has 1 heterocycles. The number of imidazole rings is 1. The van der Waals surface area contributed by atoms with Crippen LogP contribution in [0.1, 0.15) is 18.5 Å². The van der Waals surface area contributed by atoms with Gasteiger partial charge >= 0.3 is 0 Å². The zero-order valence-corrected chi connectivity index (χ0v) is 10.5. The molecule has 96 valence electrons. The lowest BCUT2D eigenvalue weighted by molar-refractivity contribution is 0.626. The highest BCUT2D eigenvalue weighted by molar-refractivity contribution is 5.77. The predicted octanol–water partition coefficient (Wildman–Crippen LogP) is 3.88. The molecule has 0 spiro atoms. The number of nitrogens with one attached hydrogen (secondary N) is 2. The van der Waals surface area contributed by atoms with E-state index in [2.05, 4.69) is 15.3 Å². The molecule has 1 unspecified atom stereocenters. The number of halogens is 1. The number of aromatic amines is 1. The number of aromatic nitrogens is 2. The summed E-state index contributed by atoms with van der Waals surface area (Å²) in [5, 5.41) is 3.28. The maximum Gasteiger partial charge on any atom is 0.201 e. The van der Waals surface area contributed by atoms with Crippen molar-refractivity contribution in [3.63, 3.8) is 0 Å². The van der Waals surface area contributed by atoms with E-state index in [-0.39, 0.29) is 11.9 Å². The van der Waals surface area contributed by atoms with Crippen LogP contribution in [0.4, 0.5) is 10.3 Å². The van der Waals surface area contributed by atoms with Crippen LogP contribution in [0, 0.1) is 5.82 Å². The number of nitrogens with zero attached hydrogens (tertiary/aromatic N) is 1. The molecule has 0 aliphatic heterocycles. The summed E-state index contributed by atoms with van der Waals surface area (Å²) < 4.78 is 12.9. The van der Waals surface area contributed by atoms with E-state index in [1.807, 2.05) is 31.2 Å². The summed E-state index contributed by atoms with van der Waals surface area (Å²) in [6, 6.07) is 14.4. The number of fused-ring (bicyclic) bond motifs is 1. The molecule has 3 nitrogen and oxygen atoms in total. The Labute approximate surface area is 110 Å². The van der Waals surface area contributed by atoms with Crippen LogP contribution in [0.5, 0.6) is 0 Å². The summed E-state index contributed by atoms with van der Waals surface area (Å²) in [5.41, 5.74) is 2.94. The van der Waals surface area contributed by atoms with Crippen LogP contribution in [-0.4, -0.2) is 9.97 Å². The summed E-state index contributed by atoms with van der Waals surface area (Å²) >= 11 is 0. The van der Waals surface area contributed by atoms with Crippen molar-refractivity contribution < 1.29 is 4.39 Å². The smallest absolute Gasteiger partial charge is 0.201 e. The van der Waals surface area contributed by atoms with Crippen LogP contribution < -0.4 is 5.32 Å². The van der Waals surface area contributed by atoms with Gasteiger partial charge < -0.3 is 10.3 Å². The predicted molar refractivity (Wildman–Crippen MR) is 74.5 cm³/mol. The maximum atomic E-state index is 12.9. The Balaban J connectivity index is 1.82. The zero-order valence-electron chi connectivity index (χ0n) is 10.5. The van der Waals surface area contributed by atoms with E-state index in [4.69, 9.17) is 0 Å². The van der Waals surface area contributed by atoms with Crippen molar-refractivity contribution in [2.75, 3.05) is 5.32 Å². The summed E-state index contributed by atoms with van der Waals surface area (Å²) in [5.74, 6) is 0.498. The number of rotatable bonds is 3. The van der Waals surface area contributed by atoms with Crippen molar-refractivity contribution >= 4 is 17.0 Å². The largest absolute Gasteiger partial charge is 0.349 e. The Kier molecular flexibility index (Phi) is 2.91. The standard InChI is InChI=1S/C15H14FN3/c1-10(11-6-8-12(16)9-7-11)17-15-18-13-4-2-3-5-14(13)19-15/h2-10H,1H3,(H2,17,18,19). The van der Waals surface area contributed by atoms with Gasteiger partial charge in [0.2, 0.25) is 5.95 Å². The Morgan fingerprint density at radius 3 is 2.58 bits per heavy atom. The highest BCUT2D eigenvalue weighted by atomic mass is 19.1. The lowest BCUT2D eigenvalue weighted by atomic mass is 10.1. The molecule has 0 amide bonds. The van der Waals surface area contributed by atoms with Crippen LogP contribution in [0.3, 0.4) is 0 Å². The van der Waals surface area contributed by atoms with Crippen LogP contribution in [-0.2, 0) is 0 Å². The zero-order chi connectivity index (χ0) is 13.2. The first-order valence-corrected chi connectivity index (χ1v) is 6.19. The quantitative estimate of drug-likeness (QED) is 0.745. The fourth-order valence-electron chi connectivity index (χ4n) is 2.06. The molecule has 19 heavy (non-hydrogen) atoms. The number of benzene rings is 2. The van der Waals surface area contributed by atoms with Gasteiger partial charge in [-0.15, -0.1) is 0 Å². The summed E-state index contributed by atoms with van der Waals surface area (Å²) in [4.78, 5) is 7.67. The van der Waals surface area contributed by atoms with Gasteiger partial charge in [0.1, 0.15) is 5.82 Å². The highest BCUT2D eigenvalue weighted by Crippen LogP contribution is 2.20. The van der Waals surface area contributed by atoms with Gasteiger partial charge in [-0.3, -0.25) is 0 Å². The van der Waals surface area contributed by atoms with Gasteiger partial charge in [0.15, 0.2) is 0 Å². The Morgan fingerprint density at radius 1 is 1.11 bits per heavy atom. The molecule has 3 aromatic rings. The van der Waals surface area contributed by atoms with Gasteiger partial charge in [-0.05, 0) is 36.8 Å². The van der Waals surface area contributed by atoms with E-state index in [9.17, 15) is 4.39 Å². The molecule has 0 bridgehead atoms. The van der Waals surface area contributed by atoms with Crippen molar-refractivity contribution in [3.8, 4) is 0 Å². The average molecular weight is 255 g/mol. The second kappa shape index (κ2) is 4.72. The molecule has 0 saturated heterocycles. The molecule has 0 aliphatic rings. The van der Waals surface area contributed by atoms with Crippen LogP contribution in [0.2, 0.25) is 0 Å². The monoisotopic (exact) mass is 255 g/mol. The fraction of sp³-hybridized carbons (Fsp3) is 0.133. The summed E-state index contributed by atoms with van der Waals surface area (Å²) in [6.45, 7) is 2.01. The first-order valence-electron chi connectivity index (χ1n) is 6.19. The molecule has 0 radical (unpaired) electrons. The topological polar surface area (TPSA) is 40.7 Å². The first kappa shape index (κ1) is 11.7. The molecule has 1 atom stereocenters. The first-order chi connectivity index (χ1) is 9.22. The molecule has 3 rings (SSSR count). The second-order valence-electron chi connectivity index (χ2n) is 4.52. The lowest BCUT2D eigenvalue weighted by Gasteiger charge is -2.13. The van der Waals surface area contributed by atoms with Gasteiger partial charge in [0, 0.05) is 0 Å². The average Bonchev–Trinajstić information content (AvgIpc) is 2.81. The highest BCUT2D eigenvalue weighted by Gasteiger charge is 2.08. The number of hydrogen-bond acceptors (Lipinski definition) is 2. The molecule has 4 heteroatoms. The number of anilines is 1. The molecular formula is C15H14FN3. The Bertz CT molecular complexity index is 655. The van der Waals surface area contributed by atoms with Gasteiger partial charge in [-0.1, -0.05) is 24.3 Å². The van der Waals surface area contributed by atoms with E-state index >= 15 is 0 Å². The Hall–Kier alpha value is -2.36. The fourth-order valence-corrected chi connectivity index (χ4v) is 2.06. The van der Waals surface area contributed by atoms with Crippen molar-refractivity contribution in [1.82, 2.24) is 9.97 Å². The number of H-pyrrole nitrogens is 1. The minimum absolute atomic E-state index is 0.0566. The van der Waals surface area contributed by atoms with Gasteiger partial charge in [0.05, 0.1) is 17.1 Å². The minimum atomic E-state index is -0.223. The van der Waals surface area contributed by atoms with Crippen molar-refractivity contribution in [2.24, 2.45) is 0 Å². The third-order valence-electron chi connectivity index (χ3n) is 3.11. The van der Waals surface area contributed by atoms with Gasteiger partial charge in [0.25, 0.3) is 0 Å². The Morgan fingerprint density at radius 2 is 1.84 bits per heavy atom. The van der Waals surface area contributed by atoms with E-state index < -0.39 is 0 Å². The molecule has 2 aromatic carbocycles. The SMILES string of the molecule is CC(Nc1nc2ccccc2[nH]1)c1ccc(F)cc1. The normalized spacial score (nSPS) is 12.5. The molecule has 0 aliphatic carbocycles. The summed E-state index contributed by atoms with van der Waals surface area (Å²) in [6.07, 6.45) is 0. The molecule has 0 saturated carbocycles. The van der Waals surface area contributed by atoms with Crippen molar-refractivity contribution in [2.45, 2.75) is 13.0 Å². The van der Waals surface area contributed by atoms with Gasteiger partial charge in [-0.25, -0.2) is 9.37 Å². The minimum Gasteiger partial charge on any atom is -0.349 e. The van der Waals surface area contributed by atoms with Crippen LogP contribution in [0.15, 0.2) is 48.5 Å². The third-order valence-corrected chi connectivity index (χ3v) is 3.11. The summed E-state index contributed by atoms with van der Waals surface area (Å²) in [7, 11) is 0. The van der Waals surface area contributed by atoms with Crippen LogP contribution >= 0.6 is 0 Å². The second-order valence-corrected chi connectivity index (χ2v) is 4.52. The van der Waals surface area contributed by atoms with Crippen molar-refractivity contribution in [3.05, 3.63) is 59.9 Å². The van der Waals surface area contributed by atoms with Crippen molar-refractivity contribution in [1.29, 1.82) is 0 Å². The van der Waals surface area contributed by atoms with E-state index in [1.54, 1.807) is 12.1 Å². The van der Waals surface area contributed by atoms with Crippen LogP contribution in [0.25, 0.3) is 11.0 Å².